The normalized spacial score (nSPS) is 15.6. The molecule has 0 aromatic heterocycles. The van der Waals surface area contributed by atoms with E-state index in [-0.39, 0.29) is 24.3 Å². The number of nitrogens with zero attached hydrogens (tertiary/aromatic N) is 1. The third kappa shape index (κ3) is 8.58. The molecule has 0 bridgehead atoms. The molecule has 1 aliphatic heterocycles. The van der Waals surface area contributed by atoms with Crippen LogP contribution in [-0.4, -0.2) is 42.4 Å². The van der Waals surface area contributed by atoms with E-state index in [0.29, 0.717) is 19.7 Å². The van der Waals surface area contributed by atoms with Crippen LogP contribution in [0.15, 0.2) is 54.6 Å². The molecular formula is C28H39N3O3. The molecule has 1 heterocycles. The number of amides is 2. The van der Waals surface area contributed by atoms with E-state index in [1.807, 2.05) is 54.6 Å². The predicted octanol–water partition coefficient (Wildman–Crippen LogP) is 4.21. The van der Waals surface area contributed by atoms with E-state index in [1.165, 1.54) is 4.90 Å². The third-order valence-electron chi connectivity index (χ3n) is 6.29. The zero-order valence-electron chi connectivity index (χ0n) is 20.2. The Bertz CT molecular complexity index is 864. The highest BCUT2D eigenvalue weighted by atomic mass is 16.5. The number of imide groups is 1. The Morgan fingerprint density at radius 1 is 0.912 bits per heavy atom. The number of hydrogen-bond donors (Lipinski definition) is 2. The highest BCUT2D eigenvalue weighted by Crippen LogP contribution is 2.17. The number of hydrogen-bond acceptors (Lipinski definition) is 5. The number of carbonyl (C=O) groups is 2. The van der Waals surface area contributed by atoms with Gasteiger partial charge in [0.05, 0.1) is 12.5 Å². The van der Waals surface area contributed by atoms with E-state index < -0.39 is 0 Å². The minimum Gasteiger partial charge on any atom is -0.489 e. The first-order valence-electron chi connectivity index (χ1n) is 12.7. The monoisotopic (exact) mass is 465 g/mol. The lowest BCUT2D eigenvalue weighted by molar-refractivity contribution is -0.146. The minimum absolute atomic E-state index is 0.0746. The van der Waals surface area contributed by atoms with Crippen molar-refractivity contribution in [2.24, 2.45) is 5.73 Å². The van der Waals surface area contributed by atoms with Gasteiger partial charge in [-0.3, -0.25) is 14.5 Å². The van der Waals surface area contributed by atoms with Crippen LogP contribution in [0.1, 0.15) is 62.5 Å². The SMILES string of the molecule is NCCCCCCCN(C(=O)Cc1ccc(OCc2ccccc2)cc1)C(=O)C1CCCCN1. The molecule has 3 N–H and O–H groups in total. The van der Waals surface area contributed by atoms with Crippen molar-refractivity contribution in [3.63, 3.8) is 0 Å². The van der Waals surface area contributed by atoms with Crippen molar-refractivity contribution in [2.75, 3.05) is 19.6 Å². The first-order chi connectivity index (χ1) is 16.7. The Morgan fingerprint density at radius 2 is 1.65 bits per heavy atom. The molecule has 0 spiro atoms. The molecule has 1 unspecified atom stereocenters. The highest BCUT2D eigenvalue weighted by molar-refractivity contribution is 5.98. The maximum Gasteiger partial charge on any atom is 0.246 e. The van der Waals surface area contributed by atoms with Crippen LogP contribution in [0.5, 0.6) is 5.75 Å². The van der Waals surface area contributed by atoms with E-state index in [1.54, 1.807) is 0 Å². The number of piperidine rings is 1. The molecule has 2 aromatic rings. The average molecular weight is 466 g/mol. The molecule has 0 radical (unpaired) electrons. The molecule has 3 rings (SSSR count). The van der Waals surface area contributed by atoms with Crippen LogP contribution in [-0.2, 0) is 22.6 Å². The van der Waals surface area contributed by atoms with Crippen LogP contribution in [0.3, 0.4) is 0 Å². The fourth-order valence-electron chi connectivity index (χ4n) is 4.27. The van der Waals surface area contributed by atoms with E-state index in [4.69, 9.17) is 10.5 Å². The largest absolute Gasteiger partial charge is 0.489 e. The summed E-state index contributed by atoms with van der Waals surface area (Å²) in [5, 5.41) is 3.30. The van der Waals surface area contributed by atoms with Crippen molar-refractivity contribution < 1.29 is 14.3 Å². The van der Waals surface area contributed by atoms with Crippen molar-refractivity contribution in [1.29, 1.82) is 0 Å². The maximum atomic E-state index is 13.2. The van der Waals surface area contributed by atoms with Crippen LogP contribution in [0.25, 0.3) is 0 Å². The summed E-state index contributed by atoms with van der Waals surface area (Å²) in [4.78, 5) is 27.9. The predicted molar refractivity (Wildman–Crippen MR) is 135 cm³/mol. The van der Waals surface area contributed by atoms with Gasteiger partial charge < -0.3 is 15.8 Å². The molecule has 6 heteroatoms. The van der Waals surface area contributed by atoms with Crippen LogP contribution in [0, 0.1) is 0 Å². The lowest BCUT2D eigenvalue weighted by atomic mass is 10.0. The van der Waals surface area contributed by atoms with Gasteiger partial charge in [-0.1, -0.05) is 68.1 Å². The molecule has 184 valence electrons. The van der Waals surface area contributed by atoms with Crippen LogP contribution in [0.2, 0.25) is 0 Å². The Kier molecular flexibility index (Phi) is 11.1. The van der Waals surface area contributed by atoms with Gasteiger partial charge in [0.15, 0.2) is 0 Å². The molecular weight excluding hydrogens is 426 g/mol. The van der Waals surface area contributed by atoms with E-state index in [0.717, 1.165) is 74.8 Å². The van der Waals surface area contributed by atoms with E-state index >= 15 is 0 Å². The van der Waals surface area contributed by atoms with Gasteiger partial charge in [-0.2, -0.15) is 0 Å². The van der Waals surface area contributed by atoms with Crippen molar-refractivity contribution in [1.82, 2.24) is 10.2 Å². The molecule has 2 amide bonds. The standard InChI is InChI=1S/C28H39N3O3/c29-18-8-2-1-3-10-20-31(28(33)26-13-7-9-19-30-26)27(32)21-23-14-16-25(17-15-23)34-22-24-11-5-4-6-12-24/h4-6,11-12,14-17,26,30H,1-3,7-10,13,18-22,29H2. The van der Waals surface area contributed by atoms with Gasteiger partial charge in [-0.05, 0) is 62.0 Å². The zero-order valence-corrected chi connectivity index (χ0v) is 20.2. The number of nitrogens with one attached hydrogen (secondary N) is 1. The molecule has 6 nitrogen and oxygen atoms in total. The lowest BCUT2D eigenvalue weighted by Gasteiger charge is -2.29. The quantitative estimate of drug-likeness (QED) is 0.433. The number of benzene rings is 2. The zero-order chi connectivity index (χ0) is 24.0. The molecule has 34 heavy (non-hydrogen) atoms. The second-order valence-electron chi connectivity index (χ2n) is 9.04. The number of nitrogens with two attached hydrogens (primary N) is 1. The first kappa shape index (κ1) is 25.9. The molecule has 0 aliphatic carbocycles. The Balaban J connectivity index is 1.55. The molecule has 1 aliphatic rings. The smallest absolute Gasteiger partial charge is 0.246 e. The Labute approximate surface area is 203 Å². The molecule has 0 saturated carbocycles. The van der Waals surface area contributed by atoms with Gasteiger partial charge >= 0.3 is 0 Å². The number of rotatable bonds is 13. The van der Waals surface area contributed by atoms with Crippen molar-refractivity contribution in [3.05, 3.63) is 65.7 Å². The number of unbranched alkanes of at least 4 members (excludes halogenated alkanes) is 4. The summed E-state index contributed by atoms with van der Waals surface area (Å²) in [5.41, 5.74) is 7.56. The third-order valence-corrected chi connectivity index (χ3v) is 6.29. The fraction of sp³-hybridized carbons (Fsp3) is 0.500. The fourth-order valence-corrected chi connectivity index (χ4v) is 4.27. The summed E-state index contributed by atoms with van der Waals surface area (Å²) < 4.78 is 5.84. The van der Waals surface area contributed by atoms with Crippen LogP contribution < -0.4 is 15.8 Å². The Morgan fingerprint density at radius 3 is 2.35 bits per heavy atom. The Hall–Kier alpha value is -2.70. The summed E-state index contributed by atoms with van der Waals surface area (Å²) in [6, 6.07) is 17.4. The number of carbonyl (C=O) groups excluding carboxylic acids is 2. The van der Waals surface area contributed by atoms with Crippen LogP contribution >= 0.6 is 0 Å². The average Bonchev–Trinajstić information content (AvgIpc) is 2.88. The van der Waals surface area contributed by atoms with Gasteiger partial charge in [0.1, 0.15) is 12.4 Å². The van der Waals surface area contributed by atoms with Gasteiger partial charge in [-0.25, -0.2) is 0 Å². The molecule has 1 saturated heterocycles. The molecule has 1 fully saturated rings. The van der Waals surface area contributed by atoms with Crippen molar-refractivity contribution in [2.45, 2.75) is 70.4 Å². The van der Waals surface area contributed by atoms with Gasteiger partial charge in [0.2, 0.25) is 11.8 Å². The topological polar surface area (TPSA) is 84.7 Å². The molecule has 2 aromatic carbocycles. The minimum atomic E-state index is -0.247. The van der Waals surface area contributed by atoms with Gasteiger partial charge in [0.25, 0.3) is 0 Å². The van der Waals surface area contributed by atoms with Gasteiger partial charge in [-0.15, -0.1) is 0 Å². The van der Waals surface area contributed by atoms with Gasteiger partial charge in [0, 0.05) is 6.54 Å². The first-order valence-corrected chi connectivity index (χ1v) is 12.7. The number of ether oxygens (including phenoxy) is 1. The van der Waals surface area contributed by atoms with Crippen LogP contribution in [0.4, 0.5) is 0 Å². The summed E-state index contributed by atoms with van der Waals surface area (Å²) in [6.45, 7) is 2.53. The van der Waals surface area contributed by atoms with E-state index in [9.17, 15) is 9.59 Å². The van der Waals surface area contributed by atoms with Crippen molar-refractivity contribution >= 4 is 11.8 Å². The second kappa shape index (κ2) is 14.5. The lowest BCUT2D eigenvalue weighted by Crippen LogP contribution is -2.51. The summed E-state index contributed by atoms with van der Waals surface area (Å²) in [7, 11) is 0. The van der Waals surface area contributed by atoms with Crippen molar-refractivity contribution in [3.8, 4) is 5.75 Å². The van der Waals surface area contributed by atoms with E-state index in [2.05, 4.69) is 5.32 Å². The summed E-state index contributed by atoms with van der Waals surface area (Å²) in [5.74, 6) is 0.559. The maximum absolute atomic E-state index is 13.2. The molecule has 1 atom stereocenters. The summed E-state index contributed by atoms with van der Waals surface area (Å²) >= 11 is 0. The highest BCUT2D eigenvalue weighted by Gasteiger charge is 2.29. The second-order valence-corrected chi connectivity index (χ2v) is 9.04. The summed E-state index contributed by atoms with van der Waals surface area (Å²) in [6.07, 6.45) is 8.16.